The van der Waals surface area contributed by atoms with E-state index in [4.69, 9.17) is 16.0 Å². The van der Waals surface area contributed by atoms with Crippen LogP contribution in [0, 0.1) is 0 Å². The number of anilines is 1. The zero-order chi connectivity index (χ0) is 21.6. The number of nitrogens with one attached hydrogen (secondary N) is 2. The average Bonchev–Trinajstić information content (AvgIpc) is 3.46. The normalized spacial score (nSPS) is 13.5. The maximum atomic E-state index is 12.4. The third-order valence-corrected chi connectivity index (χ3v) is 5.70. The van der Waals surface area contributed by atoms with Crippen LogP contribution in [0.1, 0.15) is 22.9 Å². The van der Waals surface area contributed by atoms with Gasteiger partial charge in [-0.1, -0.05) is 41.9 Å². The second-order valence-corrected chi connectivity index (χ2v) is 7.88. The number of rotatable bonds is 7. The Balaban J connectivity index is 1.33. The van der Waals surface area contributed by atoms with Crippen LogP contribution in [0.5, 0.6) is 0 Å². The minimum atomic E-state index is -0.653. The summed E-state index contributed by atoms with van der Waals surface area (Å²) in [4.78, 5) is 26.8. The molecule has 1 atom stereocenters. The van der Waals surface area contributed by atoms with Crippen LogP contribution in [0.2, 0.25) is 5.02 Å². The van der Waals surface area contributed by atoms with Gasteiger partial charge in [-0.2, -0.15) is 0 Å². The second kappa shape index (κ2) is 9.71. The van der Waals surface area contributed by atoms with Crippen molar-refractivity contribution in [1.82, 2.24) is 10.6 Å². The molecule has 2 N–H and O–H groups in total. The summed E-state index contributed by atoms with van der Waals surface area (Å²) in [7, 11) is 0. The predicted octanol–water partition coefficient (Wildman–Crippen LogP) is 3.51. The van der Waals surface area contributed by atoms with Gasteiger partial charge in [-0.25, -0.2) is 0 Å². The van der Waals surface area contributed by atoms with Crippen molar-refractivity contribution in [2.24, 2.45) is 0 Å². The lowest BCUT2D eigenvalue weighted by Crippen LogP contribution is -2.44. The molecule has 2 aromatic carbocycles. The lowest BCUT2D eigenvalue weighted by atomic mass is 10.1. The Kier molecular flexibility index (Phi) is 6.57. The molecule has 0 radical (unpaired) electrons. The lowest BCUT2D eigenvalue weighted by Gasteiger charge is -2.29. The quantitative estimate of drug-likeness (QED) is 0.555. The van der Waals surface area contributed by atoms with Gasteiger partial charge in [0, 0.05) is 30.3 Å². The number of fused-ring (bicyclic) bond motifs is 1. The molecule has 4 rings (SSSR count). The van der Waals surface area contributed by atoms with E-state index in [1.54, 1.807) is 18.4 Å². The molecule has 2 amide bonds. The van der Waals surface area contributed by atoms with Crippen molar-refractivity contribution < 1.29 is 14.0 Å². The summed E-state index contributed by atoms with van der Waals surface area (Å²) in [6.07, 6.45) is 3.18. The zero-order valence-electron chi connectivity index (χ0n) is 17.0. The molecule has 0 bridgehead atoms. The first-order valence-corrected chi connectivity index (χ1v) is 10.7. The summed E-state index contributed by atoms with van der Waals surface area (Å²) in [6, 6.07) is 19.2. The molecular formula is C24H24ClN3O3. The monoisotopic (exact) mass is 437 g/mol. The number of carbonyl (C=O) groups is 2. The van der Waals surface area contributed by atoms with Gasteiger partial charge in [0.1, 0.15) is 11.8 Å². The van der Waals surface area contributed by atoms with Crippen LogP contribution in [-0.2, 0) is 22.4 Å². The number of furan rings is 1. The van der Waals surface area contributed by atoms with E-state index in [1.807, 2.05) is 36.4 Å². The van der Waals surface area contributed by atoms with Gasteiger partial charge in [-0.3, -0.25) is 9.59 Å². The molecular weight excluding hydrogens is 414 g/mol. The number of hydrogen-bond donors (Lipinski definition) is 2. The van der Waals surface area contributed by atoms with E-state index in [9.17, 15) is 9.59 Å². The molecule has 1 unspecified atom stereocenters. The van der Waals surface area contributed by atoms with Crippen LogP contribution in [0.25, 0.3) is 0 Å². The van der Waals surface area contributed by atoms with Crippen LogP contribution < -0.4 is 15.5 Å². The lowest BCUT2D eigenvalue weighted by molar-refractivity contribution is -0.139. The minimum absolute atomic E-state index is 0.190. The van der Waals surface area contributed by atoms with Crippen LogP contribution in [0.3, 0.4) is 0 Å². The first-order chi connectivity index (χ1) is 15.1. The van der Waals surface area contributed by atoms with Gasteiger partial charge in [-0.05, 0) is 54.3 Å². The zero-order valence-corrected chi connectivity index (χ0v) is 17.8. The number of para-hydroxylation sites is 1. The number of benzene rings is 2. The third kappa shape index (κ3) is 5.09. The highest BCUT2D eigenvalue weighted by Crippen LogP contribution is 2.34. The predicted molar refractivity (Wildman–Crippen MR) is 120 cm³/mol. The molecule has 160 valence electrons. The van der Waals surface area contributed by atoms with E-state index >= 15 is 0 Å². The van der Waals surface area contributed by atoms with E-state index in [2.05, 4.69) is 27.7 Å². The van der Waals surface area contributed by atoms with E-state index in [0.29, 0.717) is 18.0 Å². The molecule has 0 saturated carbocycles. The molecule has 0 aliphatic carbocycles. The van der Waals surface area contributed by atoms with Crippen molar-refractivity contribution in [3.63, 3.8) is 0 Å². The van der Waals surface area contributed by atoms with Gasteiger partial charge >= 0.3 is 11.8 Å². The van der Waals surface area contributed by atoms with Gasteiger partial charge in [-0.15, -0.1) is 0 Å². The highest BCUT2D eigenvalue weighted by molar-refractivity contribution is 6.35. The van der Waals surface area contributed by atoms with Gasteiger partial charge < -0.3 is 20.0 Å². The molecule has 3 aromatic rings. The maximum Gasteiger partial charge on any atom is 0.309 e. The van der Waals surface area contributed by atoms with Crippen LogP contribution in [-0.4, -0.2) is 31.4 Å². The SMILES string of the molecule is O=C(NCCc1ccc(Cl)cc1)C(=O)NCC(c1ccco1)N1CCc2ccccc21. The topological polar surface area (TPSA) is 74.6 Å². The molecule has 1 aliphatic heterocycles. The van der Waals surface area contributed by atoms with Gasteiger partial charge in [0.2, 0.25) is 0 Å². The Hall–Kier alpha value is -3.25. The Morgan fingerprint density at radius 2 is 1.77 bits per heavy atom. The summed E-state index contributed by atoms with van der Waals surface area (Å²) in [5.74, 6) is -0.547. The number of halogens is 1. The molecule has 0 spiro atoms. The highest BCUT2D eigenvalue weighted by atomic mass is 35.5. The van der Waals surface area contributed by atoms with Crippen molar-refractivity contribution in [3.8, 4) is 0 Å². The summed E-state index contributed by atoms with van der Waals surface area (Å²) in [6.45, 7) is 1.47. The Morgan fingerprint density at radius 3 is 2.55 bits per heavy atom. The standard InChI is InChI=1S/C24H24ClN3O3/c25-19-9-7-17(8-10-19)11-13-26-23(29)24(30)27-16-21(22-6-3-15-31-22)28-14-12-18-4-1-2-5-20(18)28/h1-10,15,21H,11-14,16H2,(H,26,29)(H,27,30). The maximum absolute atomic E-state index is 12.4. The van der Waals surface area contributed by atoms with E-state index in [0.717, 1.165) is 30.0 Å². The molecule has 7 heteroatoms. The molecule has 0 fully saturated rings. The van der Waals surface area contributed by atoms with Gasteiger partial charge in [0.25, 0.3) is 0 Å². The van der Waals surface area contributed by atoms with Crippen molar-refractivity contribution >= 4 is 29.1 Å². The fourth-order valence-corrected chi connectivity index (χ4v) is 3.98. The molecule has 1 aromatic heterocycles. The number of amides is 2. The van der Waals surface area contributed by atoms with E-state index in [1.165, 1.54) is 5.56 Å². The van der Waals surface area contributed by atoms with Crippen LogP contribution in [0.15, 0.2) is 71.3 Å². The average molecular weight is 438 g/mol. The Bertz CT molecular complexity index is 1030. The highest BCUT2D eigenvalue weighted by Gasteiger charge is 2.29. The minimum Gasteiger partial charge on any atom is -0.467 e. The molecule has 2 heterocycles. The van der Waals surface area contributed by atoms with E-state index < -0.39 is 11.8 Å². The van der Waals surface area contributed by atoms with Gasteiger partial charge in [0.15, 0.2) is 0 Å². The number of nitrogens with zero attached hydrogens (tertiary/aromatic N) is 1. The first kappa shape index (κ1) is 21.0. The molecule has 6 nitrogen and oxygen atoms in total. The van der Waals surface area contributed by atoms with Crippen molar-refractivity contribution in [3.05, 3.63) is 88.8 Å². The largest absolute Gasteiger partial charge is 0.467 e. The molecule has 1 aliphatic rings. The van der Waals surface area contributed by atoms with Crippen molar-refractivity contribution in [2.45, 2.75) is 18.9 Å². The summed E-state index contributed by atoms with van der Waals surface area (Å²) in [5, 5.41) is 6.10. The molecule has 31 heavy (non-hydrogen) atoms. The summed E-state index contributed by atoms with van der Waals surface area (Å²) in [5.41, 5.74) is 3.44. The van der Waals surface area contributed by atoms with Crippen LogP contribution >= 0.6 is 11.6 Å². The van der Waals surface area contributed by atoms with Crippen LogP contribution in [0.4, 0.5) is 5.69 Å². The van der Waals surface area contributed by atoms with Gasteiger partial charge in [0.05, 0.1) is 6.26 Å². The second-order valence-electron chi connectivity index (χ2n) is 7.45. The number of carbonyl (C=O) groups excluding carboxylic acids is 2. The van der Waals surface area contributed by atoms with Crippen molar-refractivity contribution in [2.75, 3.05) is 24.5 Å². The Morgan fingerprint density at radius 1 is 1.00 bits per heavy atom. The molecule has 0 saturated heterocycles. The van der Waals surface area contributed by atoms with Crippen molar-refractivity contribution in [1.29, 1.82) is 0 Å². The first-order valence-electron chi connectivity index (χ1n) is 10.3. The Labute approximate surface area is 186 Å². The number of hydrogen-bond acceptors (Lipinski definition) is 4. The fourth-order valence-electron chi connectivity index (χ4n) is 3.85. The fraction of sp³-hybridized carbons (Fsp3) is 0.250. The summed E-state index contributed by atoms with van der Waals surface area (Å²) < 4.78 is 5.64. The summed E-state index contributed by atoms with van der Waals surface area (Å²) >= 11 is 5.88. The van der Waals surface area contributed by atoms with E-state index in [-0.39, 0.29) is 12.6 Å². The smallest absolute Gasteiger partial charge is 0.309 e. The third-order valence-electron chi connectivity index (χ3n) is 5.45.